The first-order valence-electron chi connectivity index (χ1n) is 7.39. The number of hydrogen-bond donors (Lipinski definition) is 3. The van der Waals surface area contributed by atoms with E-state index in [0.29, 0.717) is 12.5 Å². The molecule has 0 spiro atoms. The van der Waals surface area contributed by atoms with Crippen molar-refractivity contribution in [1.29, 1.82) is 0 Å². The van der Waals surface area contributed by atoms with Gasteiger partial charge in [0.25, 0.3) is 0 Å². The van der Waals surface area contributed by atoms with Crippen molar-refractivity contribution in [2.24, 2.45) is 11.8 Å². The summed E-state index contributed by atoms with van der Waals surface area (Å²) in [7, 11) is 0. The van der Waals surface area contributed by atoms with Crippen LogP contribution < -0.4 is 10.6 Å². The summed E-state index contributed by atoms with van der Waals surface area (Å²) in [5, 5.41) is 14.3. The maximum Gasteiger partial charge on any atom is 0.326 e. The Bertz CT molecular complexity index is 328. The molecule has 1 heterocycles. The molecule has 1 fully saturated rings. The van der Waals surface area contributed by atoms with Gasteiger partial charge in [0, 0.05) is 13.1 Å². The zero-order chi connectivity index (χ0) is 15.1. The largest absolute Gasteiger partial charge is 0.480 e. The molecule has 1 unspecified atom stereocenters. The van der Waals surface area contributed by atoms with Gasteiger partial charge in [0.15, 0.2) is 0 Å². The highest BCUT2D eigenvalue weighted by molar-refractivity contribution is 5.82. The van der Waals surface area contributed by atoms with E-state index in [4.69, 9.17) is 5.11 Å². The van der Waals surface area contributed by atoms with Crippen LogP contribution in [-0.4, -0.2) is 54.2 Å². The molecule has 0 radical (unpaired) electrons. The second-order valence-corrected chi connectivity index (χ2v) is 6.03. The summed E-state index contributed by atoms with van der Waals surface area (Å²) in [5.74, 6) is -0.776. The van der Waals surface area contributed by atoms with Gasteiger partial charge in [0.05, 0.1) is 0 Å². The van der Waals surface area contributed by atoms with E-state index < -0.39 is 18.0 Å². The van der Waals surface area contributed by atoms with Crippen LogP contribution >= 0.6 is 0 Å². The Balaban J connectivity index is 2.25. The number of aliphatic carboxylic acids is 1. The normalized spacial score (nSPS) is 18.8. The van der Waals surface area contributed by atoms with Crippen molar-refractivity contribution in [3.8, 4) is 0 Å². The monoisotopic (exact) mass is 285 g/mol. The standard InChI is InChI=1S/C14H27N3O3/c1-10(2)12(13(18)19)16-14(20)15-8-11(3)9-17-6-4-5-7-17/h10-12H,4-9H2,1-3H3,(H,18,19)(H2,15,16,20)/t11?,12-/m1/s1. The second kappa shape index (κ2) is 8.09. The van der Waals surface area contributed by atoms with Crippen LogP contribution in [0.4, 0.5) is 4.79 Å². The zero-order valence-corrected chi connectivity index (χ0v) is 12.7. The minimum absolute atomic E-state index is 0.139. The smallest absolute Gasteiger partial charge is 0.326 e. The van der Waals surface area contributed by atoms with Crippen LogP contribution in [0.5, 0.6) is 0 Å². The van der Waals surface area contributed by atoms with E-state index >= 15 is 0 Å². The lowest BCUT2D eigenvalue weighted by atomic mass is 10.1. The molecular formula is C14H27N3O3. The zero-order valence-electron chi connectivity index (χ0n) is 12.7. The minimum atomic E-state index is -1.000. The fourth-order valence-corrected chi connectivity index (χ4v) is 2.44. The van der Waals surface area contributed by atoms with Gasteiger partial charge in [-0.15, -0.1) is 0 Å². The maximum atomic E-state index is 11.7. The van der Waals surface area contributed by atoms with Crippen LogP contribution in [0.2, 0.25) is 0 Å². The SMILES string of the molecule is CC(CNC(=O)N[C@@H](C(=O)O)C(C)C)CN1CCCC1. The van der Waals surface area contributed by atoms with Crippen LogP contribution in [0.1, 0.15) is 33.6 Å². The predicted octanol–water partition coefficient (Wildman–Crippen LogP) is 1.13. The number of nitrogens with zero attached hydrogens (tertiary/aromatic N) is 1. The van der Waals surface area contributed by atoms with Crippen molar-refractivity contribution in [3.63, 3.8) is 0 Å². The molecule has 0 bridgehead atoms. The van der Waals surface area contributed by atoms with Crippen LogP contribution in [-0.2, 0) is 4.79 Å². The average molecular weight is 285 g/mol. The van der Waals surface area contributed by atoms with Crippen LogP contribution in [0.3, 0.4) is 0 Å². The number of rotatable bonds is 7. The summed E-state index contributed by atoms with van der Waals surface area (Å²) in [5.41, 5.74) is 0. The average Bonchev–Trinajstić information content (AvgIpc) is 2.85. The fraction of sp³-hybridized carbons (Fsp3) is 0.857. The first-order chi connectivity index (χ1) is 9.40. The van der Waals surface area contributed by atoms with Gasteiger partial charge in [-0.1, -0.05) is 20.8 Å². The molecule has 1 rings (SSSR count). The lowest BCUT2D eigenvalue weighted by molar-refractivity contribution is -0.140. The Kier molecular flexibility index (Phi) is 6.78. The van der Waals surface area contributed by atoms with Gasteiger partial charge in [-0.05, 0) is 37.8 Å². The number of likely N-dealkylation sites (tertiary alicyclic amines) is 1. The molecule has 6 nitrogen and oxygen atoms in total. The molecule has 1 aliphatic heterocycles. The van der Waals surface area contributed by atoms with Gasteiger partial charge in [0.1, 0.15) is 6.04 Å². The van der Waals surface area contributed by atoms with E-state index in [-0.39, 0.29) is 5.92 Å². The number of amides is 2. The molecule has 0 aromatic heterocycles. The highest BCUT2D eigenvalue weighted by Crippen LogP contribution is 2.09. The van der Waals surface area contributed by atoms with Gasteiger partial charge in [-0.2, -0.15) is 0 Å². The Hall–Kier alpha value is -1.30. The lowest BCUT2D eigenvalue weighted by Gasteiger charge is -2.22. The van der Waals surface area contributed by atoms with E-state index in [1.807, 2.05) is 0 Å². The van der Waals surface area contributed by atoms with Gasteiger partial charge >= 0.3 is 12.0 Å². The molecule has 6 heteroatoms. The first-order valence-corrected chi connectivity index (χ1v) is 7.39. The third-order valence-corrected chi connectivity index (χ3v) is 3.60. The highest BCUT2D eigenvalue weighted by Gasteiger charge is 2.23. The van der Waals surface area contributed by atoms with E-state index in [1.54, 1.807) is 13.8 Å². The Morgan fingerprint density at radius 3 is 2.30 bits per heavy atom. The molecule has 20 heavy (non-hydrogen) atoms. The first kappa shape index (κ1) is 16.8. The summed E-state index contributed by atoms with van der Waals surface area (Å²) in [6.07, 6.45) is 2.52. The van der Waals surface area contributed by atoms with Crippen LogP contribution in [0.25, 0.3) is 0 Å². The van der Waals surface area contributed by atoms with Crippen molar-refractivity contribution < 1.29 is 14.7 Å². The molecule has 1 saturated heterocycles. The van der Waals surface area contributed by atoms with E-state index in [0.717, 1.165) is 19.6 Å². The predicted molar refractivity (Wildman–Crippen MR) is 77.6 cm³/mol. The summed E-state index contributed by atoms with van der Waals surface area (Å²) < 4.78 is 0. The number of carboxylic acids is 1. The van der Waals surface area contributed by atoms with E-state index in [9.17, 15) is 9.59 Å². The quantitative estimate of drug-likeness (QED) is 0.655. The fourth-order valence-electron chi connectivity index (χ4n) is 2.44. The summed E-state index contributed by atoms with van der Waals surface area (Å²) >= 11 is 0. The summed E-state index contributed by atoms with van der Waals surface area (Å²) in [6, 6.07) is -1.25. The number of carbonyl (C=O) groups is 2. The van der Waals surface area contributed by atoms with Gasteiger partial charge < -0.3 is 20.6 Å². The maximum absolute atomic E-state index is 11.7. The minimum Gasteiger partial charge on any atom is -0.480 e. The molecule has 3 N–H and O–H groups in total. The van der Waals surface area contributed by atoms with E-state index in [1.165, 1.54) is 12.8 Å². The molecule has 0 saturated carbocycles. The molecular weight excluding hydrogens is 258 g/mol. The Labute approximate surface area is 120 Å². The lowest BCUT2D eigenvalue weighted by Crippen LogP contribution is -2.49. The van der Waals surface area contributed by atoms with Crippen molar-refractivity contribution in [2.75, 3.05) is 26.2 Å². The van der Waals surface area contributed by atoms with Crippen molar-refractivity contribution >= 4 is 12.0 Å². The molecule has 2 amide bonds. The second-order valence-electron chi connectivity index (χ2n) is 6.03. The summed E-state index contributed by atoms with van der Waals surface area (Å²) in [4.78, 5) is 25.1. The number of nitrogens with one attached hydrogen (secondary N) is 2. The topological polar surface area (TPSA) is 81.7 Å². The third kappa shape index (κ3) is 5.77. The Morgan fingerprint density at radius 2 is 1.80 bits per heavy atom. The number of carboxylic acid groups (broad SMARTS) is 1. The van der Waals surface area contributed by atoms with Crippen LogP contribution in [0.15, 0.2) is 0 Å². The third-order valence-electron chi connectivity index (χ3n) is 3.60. The van der Waals surface area contributed by atoms with Gasteiger partial charge in [-0.25, -0.2) is 9.59 Å². The van der Waals surface area contributed by atoms with Crippen molar-refractivity contribution in [3.05, 3.63) is 0 Å². The Morgan fingerprint density at radius 1 is 1.20 bits per heavy atom. The van der Waals surface area contributed by atoms with Crippen molar-refractivity contribution in [2.45, 2.75) is 39.7 Å². The number of hydrogen-bond acceptors (Lipinski definition) is 3. The molecule has 1 aliphatic rings. The van der Waals surface area contributed by atoms with Crippen LogP contribution in [0, 0.1) is 11.8 Å². The van der Waals surface area contributed by atoms with Crippen molar-refractivity contribution in [1.82, 2.24) is 15.5 Å². The molecule has 116 valence electrons. The summed E-state index contributed by atoms with van der Waals surface area (Å²) in [6.45, 7) is 9.47. The molecule has 0 aliphatic carbocycles. The van der Waals surface area contributed by atoms with Gasteiger partial charge in [-0.3, -0.25) is 0 Å². The number of urea groups is 1. The van der Waals surface area contributed by atoms with E-state index in [2.05, 4.69) is 22.5 Å². The molecule has 2 atom stereocenters. The molecule has 0 aromatic rings. The molecule has 0 aromatic carbocycles. The van der Waals surface area contributed by atoms with Gasteiger partial charge in [0.2, 0.25) is 0 Å². The highest BCUT2D eigenvalue weighted by atomic mass is 16.4. The number of carbonyl (C=O) groups excluding carboxylic acids is 1.